The summed E-state index contributed by atoms with van der Waals surface area (Å²) < 4.78 is 16.4. The Bertz CT molecular complexity index is 1060. The highest BCUT2D eigenvalue weighted by Gasteiger charge is 2.34. The highest BCUT2D eigenvalue weighted by molar-refractivity contribution is 7.17. The predicted octanol–water partition coefficient (Wildman–Crippen LogP) is 4.86. The van der Waals surface area contributed by atoms with E-state index in [4.69, 9.17) is 19.9 Å². The Labute approximate surface area is 205 Å². The Morgan fingerprint density at radius 1 is 1.18 bits per heavy atom. The summed E-state index contributed by atoms with van der Waals surface area (Å²) in [6.45, 7) is 5.44. The van der Waals surface area contributed by atoms with Gasteiger partial charge in [-0.15, -0.1) is 11.3 Å². The predicted molar refractivity (Wildman–Crippen MR) is 136 cm³/mol. The number of nitrogens with two attached hydrogens (primary N) is 1. The van der Waals surface area contributed by atoms with Crippen LogP contribution in [-0.2, 0) is 9.53 Å². The normalized spacial score (nSPS) is 15.1. The molecule has 0 spiro atoms. The molecule has 34 heavy (non-hydrogen) atoms. The number of hydrogen-bond donors (Lipinski definition) is 1. The molecule has 0 saturated carbocycles. The van der Waals surface area contributed by atoms with E-state index in [0.717, 1.165) is 41.4 Å². The number of methoxy groups -OCH3 is 2. The Kier molecular flexibility index (Phi) is 8.59. The minimum absolute atomic E-state index is 0.0978. The summed E-state index contributed by atoms with van der Waals surface area (Å²) in [5.41, 5.74) is 6.61. The molecule has 7 nitrogen and oxygen atoms in total. The second kappa shape index (κ2) is 11.4. The van der Waals surface area contributed by atoms with Crippen LogP contribution in [0.2, 0.25) is 0 Å². The van der Waals surface area contributed by atoms with Crippen molar-refractivity contribution in [3.63, 3.8) is 0 Å². The number of rotatable bonds is 9. The van der Waals surface area contributed by atoms with Gasteiger partial charge in [0, 0.05) is 30.8 Å². The minimum Gasteiger partial charge on any atom is -0.493 e. The number of ether oxygens (including phenoxy) is 3. The van der Waals surface area contributed by atoms with Crippen LogP contribution in [0.4, 0.5) is 5.00 Å². The quantitative estimate of drug-likeness (QED) is 0.402. The fraction of sp³-hybridized carbons (Fsp3) is 0.462. The van der Waals surface area contributed by atoms with Gasteiger partial charge in [0.15, 0.2) is 11.5 Å². The first-order valence-electron chi connectivity index (χ1n) is 11.6. The molecule has 1 aliphatic heterocycles. The highest BCUT2D eigenvalue weighted by Crippen LogP contribution is 2.34. The molecule has 1 saturated heterocycles. The molecule has 2 aromatic rings. The lowest BCUT2D eigenvalue weighted by Gasteiger charge is -2.34. The Hall–Kier alpha value is -3.02. The van der Waals surface area contributed by atoms with Gasteiger partial charge in [0.1, 0.15) is 11.6 Å². The molecule has 0 unspecified atom stereocenters. The topological polar surface area (TPSA) is 97.8 Å². The second-order valence-electron chi connectivity index (χ2n) is 8.37. The van der Waals surface area contributed by atoms with E-state index < -0.39 is 5.54 Å². The van der Waals surface area contributed by atoms with E-state index in [9.17, 15) is 10.1 Å². The molecular formula is C26H33N3O4S. The number of allylic oxidation sites excluding steroid dienone is 1. The van der Waals surface area contributed by atoms with Gasteiger partial charge < -0.3 is 24.8 Å². The number of esters is 1. The van der Waals surface area contributed by atoms with E-state index in [1.807, 2.05) is 38.1 Å². The van der Waals surface area contributed by atoms with Crippen LogP contribution in [0.5, 0.6) is 11.5 Å². The molecule has 8 heteroatoms. The Morgan fingerprint density at radius 3 is 2.44 bits per heavy atom. The standard InChI is InChI=1S/C26H33N3O4S/c1-5-26(28,6-2)25(30)33-20-11-13-29(14-12-20)24-10-8-21(34-24)15-19(17-27)18-7-9-22(31-3)23(16-18)32-4/h7-10,15-16,20H,5-6,11-14,28H2,1-4H3/b19-15+. The third kappa shape index (κ3) is 5.72. The van der Waals surface area contributed by atoms with Crippen LogP contribution in [0.1, 0.15) is 50.0 Å². The lowest BCUT2D eigenvalue weighted by molar-refractivity contribution is -0.157. The monoisotopic (exact) mass is 483 g/mol. The summed E-state index contributed by atoms with van der Waals surface area (Å²) >= 11 is 1.64. The maximum Gasteiger partial charge on any atom is 0.326 e. The first-order valence-corrected chi connectivity index (χ1v) is 12.4. The fourth-order valence-electron chi connectivity index (χ4n) is 3.92. The van der Waals surface area contributed by atoms with E-state index >= 15 is 0 Å². The Morgan fingerprint density at radius 2 is 1.85 bits per heavy atom. The number of nitrogens with zero attached hydrogens (tertiary/aromatic N) is 2. The molecular weight excluding hydrogens is 450 g/mol. The van der Waals surface area contributed by atoms with Crippen molar-refractivity contribution in [3.8, 4) is 17.6 Å². The molecule has 0 atom stereocenters. The van der Waals surface area contributed by atoms with Crippen molar-refractivity contribution in [1.29, 1.82) is 5.26 Å². The Balaban J connectivity index is 1.65. The van der Waals surface area contributed by atoms with Gasteiger partial charge in [0.2, 0.25) is 0 Å². The maximum atomic E-state index is 12.5. The van der Waals surface area contributed by atoms with Crippen molar-refractivity contribution in [2.45, 2.75) is 51.2 Å². The van der Waals surface area contributed by atoms with Crippen molar-refractivity contribution in [1.82, 2.24) is 0 Å². The van der Waals surface area contributed by atoms with Crippen LogP contribution in [0.25, 0.3) is 11.6 Å². The largest absolute Gasteiger partial charge is 0.493 e. The average Bonchev–Trinajstić information content (AvgIpc) is 3.35. The number of thiophene rings is 1. The van der Waals surface area contributed by atoms with Gasteiger partial charge in [-0.25, -0.2) is 0 Å². The summed E-state index contributed by atoms with van der Waals surface area (Å²) in [4.78, 5) is 15.8. The van der Waals surface area contributed by atoms with Gasteiger partial charge in [0.25, 0.3) is 0 Å². The third-order valence-corrected chi connectivity index (χ3v) is 7.50. The van der Waals surface area contributed by atoms with E-state index in [-0.39, 0.29) is 12.1 Å². The van der Waals surface area contributed by atoms with Crippen LogP contribution in [0.15, 0.2) is 30.3 Å². The zero-order valence-electron chi connectivity index (χ0n) is 20.3. The van der Waals surface area contributed by atoms with Gasteiger partial charge in [-0.1, -0.05) is 13.8 Å². The van der Waals surface area contributed by atoms with Crippen molar-refractivity contribution in [2.24, 2.45) is 5.73 Å². The summed E-state index contributed by atoms with van der Waals surface area (Å²) in [5, 5.41) is 10.9. The minimum atomic E-state index is -0.890. The third-order valence-electron chi connectivity index (χ3n) is 6.41. The molecule has 182 valence electrons. The number of piperidine rings is 1. The lowest BCUT2D eigenvalue weighted by atomic mass is 9.94. The molecule has 3 rings (SSSR count). The molecule has 1 aliphatic rings. The van der Waals surface area contributed by atoms with Crippen LogP contribution in [0, 0.1) is 11.3 Å². The molecule has 2 heterocycles. The van der Waals surface area contributed by atoms with Crippen molar-refractivity contribution in [2.75, 3.05) is 32.2 Å². The van der Waals surface area contributed by atoms with E-state index in [1.54, 1.807) is 31.6 Å². The lowest BCUT2D eigenvalue weighted by Crippen LogP contribution is -2.50. The first-order chi connectivity index (χ1) is 16.4. The van der Waals surface area contributed by atoms with Crippen LogP contribution in [0.3, 0.4) is 0 Å². The first kappa shape index (κ1) is 25.6. The van der Waals surface area contributed by atoms with E-state index in [1.165, 1.54) is 0 Å². The molecule has 1 aromatic carbocycles. The smallest absolute Gasteiger partial charge is 0.326 e. The summed E-state index contributed by atoms with van der Waals surface area (Å²) in [5.74, 6) is 0.914. The average molecular weight is 484 g/mol. The molecule has 0 radical (unpaired) electrons. The SMILES string of the molecule is CCC(N)(CC)C(=O)OC1CCN(c2ccc(/C=C(\C#N)c3ccc(OC)c(OC)c3)s2)CC1. The molecule has 0 amide bonds. The van der Waals surface area contributed by atoms with Gasteiger partial charge in [-0.2, -0.15) is 5.26 Å². The zero-order valence-corrected chi connectivity index (χ0v) is 21.1. The molecule has 0 aliphatic carbocycles. The molecule has 1 fully saturated rings. The van der Waals surface area contributed by atoms with Crippen LogP contribution in [-0.4, -0.2) is 44.9 Å². The van der Waals surface area contributed by atoms with E-state index in [2.05, 4.69) is 17.0 Å². The number of hydrogen-bond acceptors (Lipinski definition) is 8. The van der Waals surface area contributed by atoms with Gasteiger partial charge in [0.05, 0.1) is 30.9 Å². The van der Waals surface area contributed by atoms with Crippen LogP contribution >= 0.6 is 11.3 Å². The number of carbonyl (C=O) groups excluding carboxylic acids is 1. The van der Waals surface area contributed by atoms with Gasteiger partial charge >= 0.3 is 5.97 Å². The van der Waals surface area contributed by atoms with Gasteiger partial charge in [-0.05, 0) is 54.8 Å². The number of carbonyl (C=O) groups is 1. The fourth-order valence-corrected chi connectivity index (χ4v) is 4.92. The van der Waals surface area contributed by atoms with Crippen molar-refractivity contribution < 1.29 is 19.0 Å². The summed E-state index contributed by atoms with van der Waals surface area (Å²) in [6, 6.07) is 11.8. The van der Waals surface area contributed by atoms with Crippen LogP contribution < -0.4 is 20.1 Å². The number of benzene rings is 1. The molecule has 1 aromatic heterocycles. The number of nitriles is 1. The summed E-state index contributed by atoms with van der Waals surface area (Å²) in [7, 11) is 3.16. The van der Waals surface area contributed by atoms with Gasteiger partial charge in [-0.3, -0.25) is 4.79 Å². The maximum absolute atomic E-state index is 12.5. The molecule has 0 bridgehead atoms. The van der Waals surface area contributed by atoms with Crippen molar-refractivity contribution >= 4 is 34.0 Å². The van der Waals surface area contributed by atoms with Crippen molar-refractivity contribution in [3.05, 3.63) is 40.8 Å². The van der Waals surface area contributed by atoms with E-state index in [0.29, 0.717) is 29.9 Å². The second-order valence-corrected chi connectivity index (χ2v) is 9.46. The summed E-state index contributed by atoms with van der Waals surface area (Å²) in [6.07, 6.45) is 4.47. The molecule has 2 N–H and O–H groups in total. The highest BCUT2D eigenvalue weighted by atomic mass is 32.1. The zero-order chi connectivity index (χ0) is 24.7. The number of anilines is 1.